The molecule has 3 aromatic heterocycles. The van der Waals surface area contributed by atoms with Crippen molar-refractivity contribution in [1.29, 1.82) is 0 Å². The third kappa shape index (κ3) is 4.12. The summed E-state index contributed by atoms with van der Waals surface area (Å²) in [7, 11) is 0. The maximum Gasteiger partial charge on any atom is 0.293 e. The van der Waals surface area contributed by atoms with Gasteiger partial charge in [0.25, 0.3) is 11.8 Å². The smallest absolute Gasteiger partial charge is 0.293 e. The number of rotatable bonds is 5. The molecule has 1 atom stereocenters. The first-order chi connectivity index (χ1) is 16.7. The number of amides is 1. The molecule has 35 heavy (non-hydrogen) atoms. The van der Waals surface area contributed by atoms with Gasteiger partial charge in [-0.05, 0) is 36.4 Å². The van der Waals surface area contributed by atoms with Crippen molar-refractivity contribution in [2.75, 3.05) is 18.5 Å². The molecule has 4 aromatic rings. The standard InChI is InChI=1S/C23H16F4N4O4/c24-13-3-1-12(2-4-13)19-21(31(11-29-19)18-9-34-10-23(18,26)27)16-5-6-17(35-16)22(33)30-20-14(25)7-28-8-15(20)32/h1-8,11,18,32H,9-10H2,(H,28,30,33). The molecule has 5 rings (SSSR count). The van der Waals surface area contributed by atoms with Crippen LogP contribution in [0.5, 0.6) is 5.75 Å². The molecule has 1 unspecified atom stereocenters. The highest BCUT2D eigenvalue weighted by Gasteiger charge is 2.47. The number of carbonyl (C=O) groups is 1. The van der Waals surface area contributed by atoms with E-state index in [2.05, 4.69) is 15.3 Å². The second-order valence-electron chi connectivity index (χ2n) is 7.78. The van der Waals surface area contributed by atoms with Crippen molar-refractivity contribution in [3.8, 4) is 28.5 Å². The Morgan fingerprint density at radius 3 is 2.60 bits per heavy atom. The fraction of sp³-hybridized carbons (Fsp3) is 0.174. The zero-order valence-electron chi connectivity index (χ0n) is 17.7. The minimum Gasteiger partial charge on any atom is -0.504 e. The number of hydrogen-bond donors (Lipinski definition) is 2. The van der Waals surface area contributed by atoms with Gasteiger partial charge in [-0.1, -0.05) is 0 Å². The summed E-state index contributed by atoms with van der Waals surface area (Å²) in [6.07, 6.45) is 2.96. The van der Waals surface area contributed by atoms with Crippen LogP contribution in [0.1, 0.15) is 16.6 Å². The minimum atomic E-state index is -3.20. The molecule has 1 saturated heterocycles. The first-order valence-corrected chi connectivity index (χ1v) is 10.3. The Labute approximate surface area is 194 Å². The second-order valence-corrected chi connectivity index (χ2v) is 7.78. The van der Waals surface area contributed by atoms with E-state index in [1.165, 1.54) is 47.3 Å². The number of alkyl halides is 2. The van der Waals surface area contributed by atoms with E-state index in [9.17, 15) is 27.5 Å². The lowest BCUT2D eigenvalue weighted by Gasteiger charge is -2.20. The van der Waals surface area contributed by atoms with Crippen molar-refractivity contribution < 1.29 is 36.6 Å². The molecular formula is C23H16F4N4O4. The maximum absolute atomic E-state index is 14.5. The lowest BCUT2D eigenvalue weighted by atomic mass is 10.1. The monoisotopic (exact) mass is 488 g/mol. The molecule has 1 fully saturated rings. The highest BCUT2D eigenvalue weighted by molar-refractivity contribution is 6.03. The quantitative estimate of drug-likeness (QED) is 0.397. The number of ether oxygens (including phenoxy) is 1. The van der Waals surface area contributed by atoms with Gasteiger partial charge in [0, 0.05) is 5.56 Å². The molecule has 1 aliphatic rings. The van der Waals surface area contributed by atoms with Gasteiger partial charge < -0.3 is 24.1 Å². The van der Waals surface area contributed by atoms with Gasteiger partial charge in [-0.15, -0.1) is 0 Å². The van der Waals surface area contributed by atoms with Gasteiger partial charge >= 0.3 is 0 Å². The number of halogens is 4. The molecule has 0 saturated carbocycles. The van der Waals surface area contributed by atoms with Crippen molar-refractivity contribution in [2.24, 2.45) is 0 Å². The molecule has 1 aliphatic heterocycles. The third-order valence-electron chi connectivity index (χ3n) is 5.49. The maximum atomic E-state index is 14.5. The van der Waals surface area contributed by atoms with Gasteiger partial charge in [0.15, 0.2) is 23.1 Å². The van der Waals surface area contributed by atoms with E-state index in [-0.39, 0.29) is 29.5 Å². The second kappa shape index (κ2) is 8.55. The number of nitrogens with one attached hydrogen (secondary N) is 1. The van der Waals surface area contributed by atoms with E-state index < -0.39 is 47.5 Å². The fourth-order valence-corrected chi connectivity index (χ4v) is 3.78. The highest BCUT2D eigenvalue weighted by atomic mass is 19.3. The topological polar surface area (TPSA) is 102 Å². The molecular weight excluding hydrogens is 472 g/mol. The van der Waals surface area contributed by atoms with Crippen LogP contribution >= 0.6 is 0 Å². The fourth-order valence-electron chi connectivity index (χ4n) is 3.78. The Kier molecular flexibility index (Phi) is 5.52. The first kappa shape index (κ1) is 22.6. The SMILES string of the molecule is O=C(Nc1c(O)cncc1F)c1ccc(-c2c(-c3ccc(F)cc3)ncn2C2COCC2(F)F)o1. The summed E-state index contributed by atoms with van der Waals surface area (Å²) in [5.74, 6) is -6.43. The molecule has 4 heterocycles. The van der Waals surface area contributed by atoms with E-state index in [0.717, 1.165) is 12.4 Å². The summed E-state index contributed by atoms with van der Waals surface area (Å²) in [6, 6.07) is 6.48. The van der Waals surface area contributed by atoms with Crippen LogP contribution in [0, 0.1) is 11.6 Å². The Bertz CT molecular complexity index is 1380. The van der Waals surface area contributed by atoms with E-state index in [4.69, 9.17) is 9.15 Å². The molecule has 1 aromatic carbocycles. The van der Waals surface area contributed by atoms with Crippen LogP contribution in [-0.4, -0.2) is 44.7 Å². The summed E-state index contributed by atoms with van der Waals surface area (Å²) in [4.78, 5) is 20.3. The van der Waals surface area contributed by atoms with Crippen LogP contribution in [0.4, 0.5) is 23.2 Å². The molecule has 2 N–H and O–H groups in total. The average Bonchev–Trinajstić information content (AvgIpc) is 3.54. The van der Waals surface area contributed by atoms with Gasteiger partial charge in [0.1, 0.15) is 29.8 Å². The number of furan rings is 1. The normalized spacial score (nSPS) is 17.0. The van der Waals surface area contributed by atoms with Crippen LogP contribution in [0.15, 0.2) is 59.5 Å². The first-order valence-electron chi connectivity index (χ1n) is 10.3. The Hall–Kier alpha value is -4.19. The number of pyridine rings is 1. The predicted molar refractivity (Wildman–Crippen MR) is 114 cm³/mol. The number of anilines is 1. The van der Waals surface area contributed by atoms with Crippen LogP contribution in [0.2, 0.25) is 0 Å². The predicted octanol–water partition coefficient (Wildman–Crippen LogP) is 4.65. The van der Waals surface area contributed by atoms with Crippen LogP contribution in [0.3, 0.4) is 0 Å². The third-order valence-corrected chi connectivity index (χ3v) is 5.49. The van der Waals surface area contributed by atoms with Crippen LogP contribution in [-0.2, 0) is 4.74 Å². The van der Waals surface area contributed by atoms with E-state index >= 15 is 0 Å². The summed E-state index contributed by atoms with van der Waals surface area (Å²) >= 11 is 0. The Morgan fingerprint density at radius 2 is 1.91 bits per heavy atom. The van der Waals surface area contributed by atoms with Crippen molar-refractivity contribution in [3.63, 3.8) is 0 Å². The summed E-state index contributed by atoms with van der Waals surface area (Å²) in [5, 5.41) is 11.9. The largest absolute Gasteiger partial charge is 0.504 e. The van der Waals surface area contributed by atoms with Gasteiger partial charge in [-0.3, -0.25) is 9.78 Å². The van der Waals surface area contributed by atoms with Crippen molar-refractivity contribution in [3.05, 3.63) is 72.5 Å². The van der Waals surface area contributed by atoms with E-state index in [1.807, 2.05) is 0 Å². The summed E-state index contributed by atoms with van der Waals surface area (Å²) in [5.41, 5.74) is 0.256. The molecule has 1 amide bonds. The molecule has 0 aliphatic carbocycles. The molecule has 0 spiro atoms. The van der Waals surface area contributed by atoms with Crippen LogP contribution < -0.4 is 5.32 Å². The van der Waals surface area contributed by atoms with Crippen LogP contribution in [0.25, 0.3) is 22.7 Å². The van der Waals surface area contributed by atoms with Gasteiger partial charge in [-0.25, -0.2) is 22.5 Å². The number of hydrogen-bond acceptors (Lipinski definition) is 6. The lowest BCUT2D eigenvalue weighted by molar-refractivity contribution is -0.0320. The lowest BCUT2D eigenvalue weighted by Crippen LogP contribution is -2.29. The molecule has 0 bridgehead atoms. The van der Waals surface area contributed by atoms with Crippen molar-refractivity contribution in [1.82, 2.24) is 14.5 Å². The van der Waals surface area contributed by atoms with Crippen molar-refractivity contribution >= 4 is 11.6 Å². The average molecular weight is 488 g/mol. The summed E-state index contributed by atoms with van der Waals surface area (Å²) in [6.45, 7) is -1.05. The highest BCUT2D eigenvalue weighted by Crippen LogP contribution is 2.41. The molecule has 180 valence electrons. The van der Waals surface area contributed by atoms with Crippen molar-refractivity contribution in [2.45, 2.75) is 12.0 Å². The number of carbonyl (C=O) groups excluding carboxylic acids is 1. The molecule has 0 radical (unpaired) electrons. The van der Waals surface area contributed by atoms with E-state index in [0.29, 0.717) is 5.56 Å². The number of aromatic nitrogens is 3. The zero-order chi connectivity index (χ0) is 24.7. The van der Waals surface area contributed by atoms with E-state index in [1.54, 1.807) is 0 Å². The number of nitrogens with zero attached hydrogens (tertiary/aromatic N) is 3. The Morgan fingerprint density at radius 1 is 1.14 bits per heavy atom. The zero-order valence-corrected chi connectivity index (χ0v) is 17.7. The minimum absolute atomic E-state index is 0.00842. The van der Waals surface area contributed by atoms with Gasteiger partial charge in [0.05, 0.1) is 31.0 Å². The van der Waals surface area contributed by atoms with Gasteiger partial charge in [-0.2, -0.15) is 0 Å². The molecule has 8 nitrogen and oxygen atoms in total. The number of imidazole rings is 1. The number of aromatic hydroxyl groups is 1. The van der Waals surface area contributed by atoms with Gasteiger partial charge in [0.2, 0.25) is 0 Å². The Balaban J connectivity index is 1.55. The molecule has 12 heteroatoms. The summed E-state index contributed by atoms with van der Waals surface area (Å²) < 4.78 is 68.2. The number of benzene rings is 1.